The fourth-order valence-corrected chi connectivity index (χ4v) is 5.77. The molecule has 5 heteroatoms. The molecule has 0 spiro atoms. The zero-order valence-electron chi connectivity index (χ0n) is 17.5. The minimum absolute atomic E-state index is 0.0651. The molecular weight excluding hydrogens is 412 g/mol. The van der Waals surface area contributed by atoms with Crippen LogP contribution < -0.4 is 10.2 Å². The molecule has 1 amide bonds. The lowest BCUT2D eigenvalue weighted by atomic mass is 9.93. The SMILES string of the molecule is Cc1sc(NC(=O)c2ccccc2)c([C@H](c2ccccc2Cl)[NH+]2CCCCC2)c1C. The topological polar surface area (TPSA) is 33.5 Å². The number of carbonyl (C=O) groups is 1. The van der Waals surface area contributed by atoms with Crippen LogP contribution in [0.15, 0.2) is 54.6 Å². The van der Waals surface area contributed by atoms with Gasteiger partial charge in [-0.25, -0.2) is 0 Å². The van der Waals surface area contributed by atoms with Crippen molar-refractivity contribution in [3.8, 4) is 0 Å². The molecule has 0 bridgehead atoms. The maximum atomic E-state index is 13.0. The lowest BCUT2D eigenvalue weighted by molar-refractivity contribution is -0.930. The third-order valence-electron chi connectivity index (χ3n) is 6.10. The summed E-state index contributed by atoms with van der Waals surface area (Å²) in [7, 11) is 0. The highest BCUT2D eigenvalue weighted by Gasteiger charge is 2.34. The highest BCUT2D eigenvalue weighted by atomic mass is 35.5. The van der Waals surface area contributed by atoms with E-state index in [-0.39, 0.29) is 11.9 Å². The molecule has 1 fully saturated rings. The van der Waals surface area contributed by atoms with Gasteiger partial charge in [-0.05, 0) is 56.9 Å². The first-order chi connectivity index (χ1) is 14.6. The van der Waals surface area contributed by atoms with E-state index in [0.29, 0.717) is 5.56 Å². The van der Waals surface area contributed by atoms with Gasteiger partial charge in [0.05, 0.1) is 23.7 Å². The maximum absolute atomic E-state index is 13.0. The van der Waals surface area contributed by atoms with Crippen molar-refractivity contribution in [3.63, 3.8) is 0 Å². The minimum atomic E-state index is -0.0651. The third kappa shape index (κ3) is 4.31. The van der Waals surface area contributed by atoms with Crippen molar-refractivity contribution in [1.29, 1.82) is 0 Å². The second-order valence-corrected chi connectivity index (χ2v) is 9.65. The first-order valence-corrected chi connectivity index (χ1v) is 11.8. The van der Waals surface area contributed by atoms with Gasteiger partial charge >= 0.3 is 0 Å². The number of hydrogen-bond acceptors (Lipinski definition) is 2. The van der Waals surface area contributed by atoms with E-state index >= 15 is 0 Å². The number of aryl methyl sites for hydroxylation is 1. The van der Waals surface area contributed by atoms with E-state index in [9.17, 15) is 4.79 Å². The number of benzene rings is 2. The number of nitrogens with one attached hydrogen (secondary N) is 2. The number of rotatable bonds is 5. The Morgan fingerprint density at radius 2 is 1.67 bits per heavy atom. The molecule has 30 heavy (non-hydrogen) atoms. The molecule has 4 rings (SSSR count). The predicted octanol–water partition coefficient (Wildman–Crippen LogP) is 5.43. The number of thiophene rings is 1. The summed E-state index contributed by atoms with van der Waals surface area (Å²) >= 11 is 8.37. The lowest BCUT2D eigenvalue weighted by Gasteiger charge is -2.33. The number of quaternary nitrogens is 1. The molecule has 2 heterocycles. The van der Waals surface area contributed by atoms with E-state index in [4.69, 9.17) is 11.6 Å². The molecule has 1 atom stereocenters. The molecule has 0 unspecified atom stereocenters. The molecular formula is C25H28ClN2OS+. The second kappa shape index (κ2) is 9.34. The summed E-state index contributed by atoms with van der Waals surface area (Å²) in [5.74, 6) is -0.0651. The van der Waals surface area contributed by atoms with Gasteiger partial charge in [0.15, 0.2) is 0 Å². The summed E-state index contributed by atoms with van der Waals surface area (Å²) in [6, 6.07) is 17.7. The zero-order valence-corrected chi connectivity index (χ0v) is 19.1. The second-order valence-electron chi connectivity index (χ2n) is 8.02. The Bertz CT molecular complexity index is 1020. The monoisotopic (exact) mass is 439 g/mol. The van der Waals surface area contributed by atoms with Gasteiger partial charge in [-0.3, -0.25) is 4.79 Å². The van der Waals surface area contributed by atoms with Crippen LogP contribution in [-0.4, -0.2) is 19.0 Å². The van der Waals surface area contributed by atoms with Crippen molar-refractivity contribution in [2.45, 2.75) is 39.2 Å². The van der Waals surface area contributed by atoms with Crippen LogP contribution in [0.2, 0.25) is 5.02 Å². The third-order valence-corrected chi connectivity index (χ3v) is 7.59. The summed E-state index contributed by atoms with van der Waals surface area (Å²) in [4.78, 5) is 15.7. The fraction of sp³-hybridized carbons (Fsp3) is 0.320. The summed E-state index contributed by atoms with van der Waals surface area (Å²) in [5.41, 5.74) is 4.29. The van der Waals surface area contributed by atoms with E-state index in [1.807, 2.05) is 42.5 Å². The average Bonchev–Trinajstić information content (AvgIpc) is 3.04. The van der Waals surface area contributed by atoms with Crippen molar-refractivity contribution < 1.29 is 9.69 Å². The highest BCUT2D eigenvalue weighted by molar-refractivity contribution is 7.16. The average molecular weight is 440 g/mol. The number of likely N-dealkylation sites (tertiary alicyclic amines) is 1. The molecule has 156 valence electrons. The smallest absolute Gasteiger partial charge is 0.256 e. The number of halogens is 1. The maximum Gasteiger partial charge on any atom is 0.256 e. The quantitative estimate of drug-likeness (QED) is 0.546. The van der Waals surface area contributed by atoms with Crippen LogP contribution in [-0.2, 0) is 0 Å². The Kier molecular flexibility index (Phi) is 6.57. The molecule has 0 aliphatic carbocycles. The van der Waals surface area contributed by atoms with Crippen molar-refractivity contribution in [2.75, 3.05) is 18.4 Å². The van der Waals surface area contributed by atoms with Gasteiger partial charge < -0.3 is 10.2 Å². The van der Waals surface area contributed by atoms with Gasteiger partial charge in [0.25, 0.3) is 5.91 Å². The van der Waals surface area contributed by atoms with E-state index in [1.54, 1.807) is 11.3 Å². The predicted molar refractivity (Wildman–Crippen MR) is 126 cm³/mol. The Labute approximate surface area is 187 Å². The fourth-order valence-electron chi connectivity index (χ4n) is 4.43. The number of piperidine rings is 1. The van der Waals surface area contributed by atoms with Crippen LogP contribution >= 0.6 is 22.9 Å². The summed E-state index contributed by atoms with van der Waals surface area (Å²) in [5, 5.41) is 4.96. The van der Waals surface area contributed by atoms with E-state index in [1.165, 1.54) is 40.2 Å². The van der Waals surface area contributed by atoms with Crippen molar-refractivity contribution in [1.82, 2.24) is 0 Å². The van der Waals surface area contributed by atoms with Crippen LogP contribution in [0.3, 0.4) is 0 Å². The van der Waals surface area contributed by atoms with Gasteiger partial charge in [-0.2, -0.15) is 0 Å². The van der Waals surface area contributed by atoms with Crippen LogP contribution in [0, 0.1) is 13.8 Å². The molecule has 1 aliphatic rings. The lowest BCUT2D eigenvalue weighted by Crippen LogP contribution is -3.13. The van der Waals surface area contributed by atoms with Gasteiger partial charge in [0, 0.05) is 16.0 Å². The Morgan fingerprint density at radius 3 is 2.37 bits per heavy atom. The van der Waals surface area contributed by atoms with Crippen molar-refractivity contribution >= 4 is 33.8 Å². The normalized spacial score (nSPS) is 15.7. The van der Waals surface area contributed by atoms with Crippen LogP contribution in [0.1, 0.15) is 57.2 Å². The first kappa shape index (κ1) is 21.1. The molecule has 1 saturated heterocycles. The molecule has 2 N–H and O–H groups in total. The molecule has 1 aliphatic heterocycles. The van der Waals surface area contributed by atoms with Crippen LogP contribution in [0.25, 0.3) is 0 Å². The summed E-state index contributed by atoms with van der Waals surface area (Å²) in [6.07, 6.45) is 3.74. The van der Waals surface area contributed by atoms with E-state index < -0.39 is 0 Å². The summed E-state index contributed by atoms with van der Waals surface area (Å²) in [6.45, 7) is 6.55. The molecule has 1 aromatic heterocycles. The Hall–Kier alpha value is -2.14. The number of amides is 1. The Morgan fingerprint density at radius 1 is 1.00 bits per heavy atom. The van der Waals surface area contributed by atoms with Gasteiger partial charge in [0.2, 0.25) is 0 Å². The van der Waals surface area contributed by atoms with E-state index in [2.05, 4.69) is 31.3 Å². The molecule has 3 aromatic rings. The molecule has 0 saturated carbocycles. The van der Waals surface area contributed by atoms with Gasteiger partial charge in [-0.15, -0.1) is 11.3 Å². The minimum Gasteiger partial charge on any atom is -0.325 e. The largest absolute Gasteiger partial charge is 0.325 e. The number of anilines is 1. The zero-order chi connectivity index (χ0) is 21.1. The van der Waals surface area contributed by atoms with Crippen molar-refractivity contribution in [3.05, 3.63) is 86.8 Å². The number of carbonyl (C=O) groups excluding carboxylic acids is 1. The number of hydrogen-bond donors (Lipinski definition) is 2. The first-order valence-electron chi connectivity index (χ1n) is 10.6. The molecule has 2 aromatic carbocycles. The highest BCUT2D eigenvalue weighted by Crippen LogP contribution is 2.40. The van der Waals surface area contributed by atoms with Gasteiger partial charge in [-0.1, -0.05) is 48.0 Å². The van der Waals surface area contributed by atoms with Gasteiger partial charge in [0.1, 0.15) is 11.0 Å². The standard InChI is InChI=1S/C25H27ClN2OS/c1-17-18(2)30-25(27-24(29)19-11-5-3-6-12-19)22(17)23(28-15-9-4-10-16-28)20-13-7-8-14-21(20)26/h3,5-8,11-14,23H,4,9-10,15-16H2,1-2H3,(H,27,29)/p+1/t23-/m0/s1. The Balaban J connectivity index is 1.79. The van der Waals surface area contributed by atoms with E-state index in [0.717, 1.165) is 28.7 Å². The molecule has 3 nitrogen and oxygen atoms in total. The van der Waals surface area contributed by atoms with Crippen LogP contribution in [0.5, 0.6) is 0 Å². The summed E-state index contributed by atoms with van der Waals surface area (Å²) < 4.78 is 0. The molecule has 0 radical (unpaired) electrons. The van der Waals surface area contributed by atoms with Crippen LogP contribution in [0.4, 0.5) is 5.00 Å². The van der Waals surface area contributed by atoms with Crippen molar-refractivity contribution in [2.24, 2.45) is 0 Å².